The van der Waals surface area contributed by atoms with E-state index in [2.05, 4.69) is 16.0 Å². The summed E-state index contributed by atoms with van der Waals surface area (Å²) in [5, 5.41) is 7.97. The van der Waals surface area contributed by atoms with Crippen LogP contribution in [0.3, 0.4) is 0 Å². The Morgan fingerprint density at radius 1 is 0.871 bits per heavy atom. The number of para-hydroxylation sites is 2. The fourth-order valence-electron chi connectivity index (χ4n) is 2.67. The van der Waals surface area contributed by atoms with Crippen molar-refractivity contribution < 1.29 is 23.5 Å². The van der Waals surface area contributed by atoms with Crippen LogP contribution in [0.15, 0.2) is 48.5 Å². The first-order valence-corrected chi connectivity index (χ1v) is 10.0. The number of halogens is 1. The van der Waals surface area contributed by atoms with Crippen molar-refractivity contribution in [3.05, 3.63) is 59.9 Å². The molecule has 3 N–H and O–H groups in total. The summed E-state index contributed by atoms with van der Waals surface area (Å²) in [6, 6.07) is 13.1. The molecule has 0 saturated carbocycles. The summed E-state index contributed by atoms with van der Waals surface area (Å²) in [7, 11) is 0. The van der Waals surface area contributed by atoms with E-state index >= 15 is 0 Å². The van der Waals surface area contributed by atoms with E-state index in [1.54, 1.807) is 63.2 Å². The summed E-state index contributed by atoms with van der Waals surface area (Å²) in [6.45, 7) is 5.36. The number of anilines is 2. The van der Waals surface area contributed by atoms with Gasteiger partial charge in [0.15, 0.2) is 0 Å². The lowest BCUT2D eigenvalue weighted by atomic mass is 10.1. The average molecular weight is 429 g/mol. The Kier molecular flexibility index (Phi) is 8.54. The van der Waals surface area contributed by atoms with Gasteiger partial charge in [0.1, 0.15) is 11.4 Å². The maximum Gasteiger partial charge on any atom is 0.407 e. The second-order valence-electron chi connectivity index (χ2n) is 7.91. The van der Waals surface area contributed by atoms with E-state index in [0.717, 1.165) is 0 Å². The predicted octanol–water partition coefficient (Wildman–Crippen LogP) is 4.25. The smallest absolute Gasteiger partial charge is 0.407 e. The second-order valence-corrected chi connectivity index (χ2v) is 7.91. The van der Waals surface area contributed by atoms with E-state index in [-0.39, 0.29) is 43.4 Å². The summed E-state index contributed by atoms with van der Waals surface area (Å²) < 4.78 is 18.8. The van der Waals surface area contributed by atoms with Crippen molar-refractivity contribution >= 4 is 29.3 Å². The van der Waals surface area contributed by atoms with E-state index in [1.165, 1.54) is 6.07 Å². The fraction of sp³-hybridized carbons (Fsp3) is 0.348. The van der Waals surface area contributed by atoms with Gasteiger partial charge in [-0.15, -0.1) is 0 Å². The Morgan fingerprint density at radius 2 is 1.42 bits per heavy atom. The number of hydrogen-bond donors (Lipinski definition) is 3. The van der Waals surface area contributed by atoms with E-state index in [0.29, 0.717) is 16.9 Å². The van der Waals surface area contributed by atoms with Crippen LogP contribution in [0.2, 0.25) is 0 Å². The monoisotopic (exact) mass is 429 g/mol. The van der Waals surface area contributed by atoms with Gasteiger partial charge < -0.3 is 20.7 Å². The number of carbonyl (C=O) groups is 3. The Morgan fingerprint density at radius 3 is 2.00 bits per heavy atom. The lowest BCUT2D eigenvalue weighted by Crippen LogP contribution is -2.34. The number of benzene rings is 2. The molecule has 2 aromatic rings. The summed E-state index contributed by atoms with van der Waals surface area (Å²) in [6.07, 6.45) is -0.191. The van der Waals surface area contributed by atoms with Gasteiger partial charge >= 0.3 is 6.09 Å². The van der Waals surface area contributed by atoms with E-state index in [4.69, 9.17) is 4.74 Å². The average Bonchev–Trinajstić information content (AvgIpc) is 2.67. The van der Waals surface area contributed by atoms with Crippen LogP contribution in [-0.2, 0) is 20.7 Å². The van der Waals surface area contributed by atoms with Gasteiger partial charge in [-0.2, -0.15) is 0 Å². The first-order valence-electron chi connectivity index (χ1n) is 10.0. The highest BCUT2D eigenvalue weighted by Gasteiger charge is 2.16. The van der Waals surface area contributed by atoms with Crippen LogP contribution < -0.4 is 16.0 Å². The standard InChI is InChI=1S/C23H28FN3O4/c1-23(2,3)31-22(30)25-15-14-21(29)27-19-11-7-6-10-18(19)26-20(28)13-12-16-8-4-5-9-17(16)24/h4-11H,12-15H2,1-3H3,(H,25,30)(H,26,28)(H,27,29). The molecule has 0 radical (unpaired) electrons. The molecule has 0 saturated heterocycles. The third kappa shape index (κ3) is 8.86. The number of amides is 3. The maximum atomic E-state index is 13.7. The van der Waals surface area contributed by atoms with Crippen molar-refractivity contribution in [2.45, 2.75) is 45.6 Å². The lowest BCUT2D eigenvalue weighted by molar-refractivity contribution is -0.117. The fourth-order valence-corrected chi connectivity index (χ4v) is 2.67. The third-order valence-electron chi connectivity index (χ3n) is 4.07. The molecule has 0 aliphatic carbocycles. The molecule has 0 aliphatic heterocycles. The van der Waals surface area contributed by atoms with Crippen molar-refractivity contribution in [3.8, 4) is 0 Å². The Bertz CT molecular complexity index is 925. The van der Waals surface area contributed by atoms with Crippen molar-refractivity contribution in [3.63, 3.8) is 0 Å². The molecule has 0 unspecified atom stereocenters. The third-order valence-corrected chi connectivity index (χ3v) is 4.07. The Labute approximate surface area is 181 Å². The van der Waals surface area contributed by atoms with Crippen LogP contribution in [0.5, 0.6) is 0 Å². The number of carbonyl (C=O) groups excluding carboxylic acids is 3. The quantitative estimate of drug-likeness (QED) is 0.584. The minimum absolute atomic E-state index is 0.0365. The van der Waals surface area contributed by atoms with Crippen molar-refractivity contribution in [2.75, 3.05) is 17.2 Å². The largest absolute Gasteiger partial charge is 0.444 e. The van der Waals surface area contributed by atoms with E-state index < -0.39 is 11.7 Å². The predicted molar refractivity (Wildman–Crippen MR) is 117 cm³/mol. The highest BCUT2D eigenvalue weighted by Crippen LogP contribution is 2.21. The minimum Gasteiger partial charge on any atom is -0.444 e. The number of aryl methyl sites for hydroxylation is 1. The van der Waals surface area contributed by atoms with Crippen molar-refractivity contribution in [1.29, 1.82) is 0 Å². The normalized spacial score (nSPS) is 10.8. The van der Waals surface area contributed by atoms with E-state index in [1.807, 2.05) is 0 Å². The number of rotatable bonds is 8. The molecule has 0 fully saturated rings. The Balaban J connectivity index is 1.84. The number of ether oxygens (including phenoxy) is 1. The van der Waals surface area contributed by atoms with Gasteiger partial charge in [0, 0.05) is 19.4 Å². The Hall–Kier alpha value is -3.42. The number of alkyl carbamates (subject to hydrolysis) is 1. The molecule has 0 aromatic heterocycles. The summed E-state index contributed by atoms with van der Waals surface area (Å²) in [5.41, 5.74) is 0.727. The molecule has 0 atom stereocenters. The molecular formula is C23H28FN3O4. The highest BCUT2D eigenvalue weighted by molar-refractivity contribution is 5.99. The molecule has 8 heteroatoms. The topological polar surface area (TPSA) is 96.5 Å². The van der Waals surface area contributed by atoms with Crippen molar-refractivity contribution in [2.24, 2.45) is 0 Å². The van der Waals surface area contributed by atoms with Crippen LogP contribution in [0.1, 0.15) is 39.2 Å². The molecule has 3 amide bonds. The molecule has 7 nitrogen and oxygen atoms in total. The van der Waals surface area contributed by atoms with E-state index in [9.17, 15) is 18.8 Å². The summed E-state index contributed by atoms with van der Waals surface area (Å²) >= 11 is 0. The van der Waals surface area contributed by atoms with Gasteiger partial charge in [-0.25, -0.2) is 9.18 Å². The van der Waals surface area contributed by atoms with Gasteiger partial charge in [0.2, 0.25) is 11.8 Å². The van der Waals surface area contributed by atoms with Gasteiger partial charge in [0.05, 0.1) is 11.4 Å². The van der Waals surface area contributed by atoms with Gasteiger partial charge in [-0.05, 0) is 51.0 Å². The number of hydrogen-bond acceptors (Lipinski definition) is 4. The van der Waals surface area contributed by atoms with Crippen LogP contribution in [0.4, 0.5) is 20.6 Å². The molecule has 0 bridgehead atoms. The van der Waals surface area contributed by atoms with Crippen LogP contribution >= 0.6 is 0 Å². The first kappa shape index (κ1) is 23.9. The highest BCUT2D eigenvalue weighted by atomic mass is 19.1. The molecule has 2 rings (SSSR count). The molecule has 2 aromatic carbocycles. The lowest BCUT2D eigenvalue weighted by Gasteiger charge is -2.19. The summed E-state index contributed by atoms with van der Waals surface area (Å²) in [4.78, 5) is 36.1. The second kappa shape index (κ2) is 11.1. The van der Waals surface area contributed by atoms with Crippen LogP contribution in [0.25, 0.3) is 0 Å². The molecule has 166 valence electrons. The summed E-state index contributed by atoms with van der Waals surface area (Å²) in [5.74, 6) is -0.969. The van der Waals surface area contributed by atoms with Gasteiger partial charge in [0.25, 0.3) is 0 Å². The molecule has 0 aliphatic rings. The maximum absolute atomic E-state index is 13.7. The van der Waals surface area contributed by atoms with Crippen LogP contribution in [0, 0.1) is 5.82 Å². The molecule has 0 heterocycles. The zero-order valence-corrected chi connectivity index (χ0v) is 18.0. The minimum atomic E-state index is -0.615. The first-order chi connectivity index (χ1) is 14.6. The zero-order chi connectivity index (χ0) is 22.9. The molecule has 31 heavy (non-hydrogen) atoms. The van der Waals surface area contributed by atoms with Gasteiger partial charge in [-0.1, -0.05) is 30.3 Å². The van der Waals surface area contributed by atoms with Gasteiger partial charge in [-0.3, -0.25) is 9.59 Å². The SMILES string of the molecule is CC(C)(C)OC(=O)NCCC(=O)Nc1ccccc1NC(=O)CCc1ccccc1F. The molecular weight excluding hydrogens is 401 g/mol. The number of nitrogens with one attached hydrogen (secondary N) is 3. The molecule has 0 spiro atoms. The zero-order valence-electron chi connectivity index (χ0n) is 18.0. The van der Waals surface area contributed by atoms with Crippen LogP contribution in [-0.4, -0.2) is 30.1 Å². The van der Waals surface area contributed by atoms with Crippen molar-refractivity contribution in [1.82, 2.24) is 5.32 Å².